The van der Waals surface area contributed by atoms with Crippen LogP contribution in [0.1, 0.15) is 12.6 Å². The Morgan fingerprint density at radius 3 is 2.87 bits per heavy atom. The molecule has 0 spiro atoms. The molecule has 0 saturated carbocycles. The van der Waals surface area contributed by atoms with Crippen molar-refractivity contribution in [3.8, 4) is 0 Å². The van der Waals surface area contributed by atoms with Gasteiger partial charge in [-0.3, -0.25) is 9.88 Å². The van der Waals surface area contributed by atoms with Crippen LogP contribution >= 0.6 is 0 Å². The second-order valence-corrected chi connectivity index (χ2v) is 3.36. The molecule has 1 aromatic rings. The zero-order valence-electron chi connectivity index (χ0n) is 9.26. The third-order valence-corrected chi connectivity index (χ3v) is 2.23. The highest BCUT2D eigenvalue weighted by Crippen LogP contribution is 2.00. The Hall–Kier alpha value is -1.19. The molecule has 0 aromatic carbocycles. The van der Waals surface area contributed by atoms with Crippen LogP contribution < -0.4 is 5.73 Å². The van der Waals surface area contributed by atoms with Crippen molar-refractivity contribution in [2.75, 3.05) is 19.6 Å². The summed E-state index contributed by atoms with van der Waals surface area (Å²) < 4.78 is 0. The van der Waals surface area contributed by atoms with Gasteiger partial charge in [0.25, 0.3) is 0 Å². The molecule has 0 saturated heterocycles. The van der Waals surface area contributed by atoms with Crippen LogP contribution in [0, 0.1) is 0 Å². The Morgan fingerprint density at radius 2 is 2.27 bits per heavy atom. The van der Waals surface area contributed by atoms with Crippen molar-refractivity contribution in [1.82, 2.24) is 9.88 Å². The van der Waals surface area contributed by atoms with Gasteiger partial charge in [-0.2, -0.15) is 0 Å². The van der Waals surface area contributed by atoms with Crippen LogP contribution in [0.4, 0.5) is 0 Å². The van der Waals surface area contributed by atoms with Crippen molar-refractivity contribution >= 4 is 0 Å². The molecule has 3 heteroatoms. The highest BCUT2D eigenvalue weighted by molar-refractivity contribution is 5.03. The van der Waals surface area contributed by atoms with Gasteiger partial charge in [0.15, 0.2) is 0 Å². The predicted molar refractivity (Wildman–Crippen MR) is 63.4 cm³/mol. The maximum absolute atomic E-state index is 5.39. The summed E-state index contributed by atoms with van der Waals surface area (Å²) in [6.45, 7) is 5.61. The smallest absolute Gasteiger partial charge is 0.0544 e. The fourth-order valence-electron chi connectivity index (χ4n) is 1.35. The van der Waals surface area contributed by atoms with E-state index in [0.717, 1.165) is 25.3 Å². The van der Waals surface area contributed by atoms with Gasteiger partial charge in [0.2, 0.25) is 0 Å². The summed E-state index contributed by atoms with van der Waals surface area (Å²) in [7, 11) is 0. The largest absolute Gasteiger partial charge is 0.327 e. The molecule has 0 aliphatic rings. The first-order chi connectivity index (χ1) is 7.36. The van der Waals surface area contributed by atoms with E-state index in [4.69, 9.17) is 5.73 Å². The van der Waals surface area contributed by atoms with Gasteiger partial charge in [-0.1, -0.05) is 25.1 Å². The fraction of sp³-hybridized carbons (Fsp3) is 0.417. The maximum Gasteiger partial charge on any atom is 0.0544 e. The van der Waals surface area contributed by atoms with E-state index in [-0.39, 0.29) is 0 Å². The molecule has 0 aliphatic heterocycles. The van der Waals surface area contributed by atoms with E-state index >= 15 is 0 Å². The molecule has 0 aliphatic carbocycles. The number of rotatable bonds is 6. The summed E-state index contributed by atoms with van der Waals surface area (Å²) in [6.07, 6.45) is 5.92. The number of likely N-dealkylation sites (N-methyl/N-ethyl adjacent to an activating group) is 1. The second-order valence-electron chi connectivity index (χ2n) is 3.36. The summed E-state index contributed by atoms with van der Waals surface area (Å²) in [5.74, 6) is 0. The average molecular weight is 205 g/mol. The molecule has 82 valence electrons. The molecular weight excluding hydrogens is 186 g/mol. The number of aromatic nitrogens is 1. The second kappa shape index (κ2) is 7.15. The molecule has 1 heterocycles. The quantitative estimate of drug-likeness (QED) is 0.714. The van der Waals surface area contributed by atoms with E-state index in [9.17, 15) is 0 Å². The van der Waals surface area contributed by atoms with Gasteiger partial charge < -0.3 is 5.73 Å². The van der Waals surface area contributed by atoms with E-state index in [0.29, 0.717) is 6.54 Å². The summed E-state index contributed by atoms with van der Waals surface area (Å²) in [4.78, 5) is 6.62. The standard InChI is InChI=1S/C12H19N3/c1-2-15(10-6-4-8-13)11-12-7-3-5-9-14-12/h3-7,9H,2,8,10-11,13H2,1H3. The van der Waals surface area contributed by atoms with Crippen molar-refractivity contribution < 1.29 is 0 Å². The normalized spacial score (nSPS) is 11.4. The number of nitrogens with two attached hydrogens (primary N) is 1. The van der Waals surface area contributed by atoms with E-state index < -0.39 is 0 Å². The minimum Gasteiger partial charge on any atom is -0.327 e. The highest BCUT2D eigenvalue weighted by atomic mass is 15.1. The lowest BCUT2D eigenvalue weighted by molar-refractivity contribution is 0.307. The van der Waals surface area contributed by atoms with Crippen LogP contribution in [0.3, 0.4) is 0 Å². The third-order valence-electron chi connectivity index (χ3n) is 2.23. The highest BCUT2D eigenvalue weighted by Gasteiger charge is 2.01. The Labute approximate surface area is 91.6 Å². The van der Waals surface area contributed by atoms with Crippen molar-refractivity contribution in [2.24, 2.45) is 5.73 Å². The van der Waals surface area contributed by atoms with Gasteiger partial charge >= 0.3 is 0 Å². The number of hydrogen-bond donors (Lipinski definition) is 1. The molecule has 0 radical (unpaired) electrons. The van der Waals surface area contributed by atoms with Crippen molar-refractivity contribution in [3.63, 3.8) is 0 Å². The zero-order valence-corrected chi connectivity index (χ0v) is 9.26. The summed E-state index contributed by atoms with van der Waals surface area (Å²) in [5.41, 5.74) is 6.50. The molecule has 0 bridgehead atoms. The number of nitrogens with zero attached hydrogens (tertiary/aromatic N) is 2. The molecule has 3 nitrogen and oxygen atoms in total. The topological polar surface area (TPSA) is 42.1 Å². The minimum atomic E-state index is 0.612. The number of hydrogen-bond acceptors (Lipinski definition) is 3. The van der Waals surface area contributed by atoms with E-state index in [1.807, 2.05) is 24.4 Å². The van der Waals surface area contributed by atoms with E-state index in [1.54, 1.807) is 0 Å². The van der Waals surface area contributed by atoms with Gasteiger partial charge in [0.05, 0.1) is 5.69 Å². The van der Waals surface area contributed by atoms with Crippen LogP contribution in [0.5, 0.6) is 0 Å². The van der Waals surface area contributed by atoms with Gasteiger partial charge in [0.1, 0.15) is 0 Å². The van der Waals surface area contributed by atoms with Crippen LogP contribution in [-0.4, -0.2) is 29.5 Å². The number of pyridine rings is 1. The van der Waals surface area contributed by atoms with Gasteiger partial charge in [-0.15, -0.1) is 0 Å². The van der Waals surface area contributed by atoms with Crippen molar-refractivity contribution in [1.29, 1.82) is 0 Å². The minimum absolute atomic E-state index is 0.612. The lowest BCUT2D eigenvalue weighted by atomic mass is 10.3. The molecule has 15 heavy (non-hydrogen) atoms. The molecule has 2 N–H and O–H groups in total. The summed E-state index contributed by atoms with van der Waals surface area (Å²) in [6, 6.07) is 6.01. The Balaban J connectivity index is 2.43. The van der Waals surface area contributed by atoms with Crippen molar-refractivity contribution in [2.45, 2.75) is 13.5 Å². The van der Waals surface area contributed by atoms with Gasteiger partial charge in [-0.05, 0) is 18.7 Å². The first-order valence-corrected chi connectivity index (χ1v) is 5.34. The first kappa shape index (κ1) is 11.9. The summed E-state index contributed by atoms with van der Waals surface area (Å²) >= 11 is 0. The Kier molecular flexibility index (Phi) is 5.66. The van der Waals surface area contributed by atoms with E-state index in [2.05, 4.69) is 29.0 Å². The van der Waals surface area contributed by atoms with E-state index in [1.165, 1.54) is 0 Å². The summed E-state index contributed by atoms with van der Waals surface area (Å²) in [5, 5.41) is 0. The fourth-order valence-corrected chi connectivity index (χ4v) is 1.35. The van der Waals surface area contributed by atoms with Crippen LogP contribution in [0.15, 0.2) is 36.5 Å². The monoisotopic (exact) mass is 205 g/mol. The lowest BCUT2D eigenvalue weighted by Crippen LogP contribution is -2.23. The molecule has 0 fully saturated rings. The molecule has 0 unspecified atom stereocenters. The lowest BCUT2D eigenvalue weighted by Gasteiger charge is -2.17. The molecule has 0 amide bonds. The van der Waals surface area contributed by atoms with Crippen LogP contribution in [-0.2, 0) is 6.54 Å². The molecular formula is C12H19N3. The van der Waals surface area contributed by atoms with Crippen LogP contribution in [0.25, 0.3) is 0 Å². The predicted octanol–water partition coefficient (Wildman–Crippen LogP) is 1.42. The van der Waals surface area contributed by atoms with Crippen molar-refractivity contribution in [3.05, 3.63) is 42.2 Å². The Morgan fingerprint density at radius 1 is 1.40 bits per heavy atom. The van der Waals surface area contributed by atoms with Gasteiger partial charge in [-0.25, -0.2) is 0 Å². The third kappa shape index (κ3) is 4.72. The molecule has 1 rings (SSSR count). The maximum atomic E-state index is 5.39. The SMILES string of the molecule is CCN(CC=CCN)Cc1ccccn1. The Bertz CT molecular complexity index is 282. The van der Waals surface area contributed by atoms with Gasteiger partial charge in [0, 0.05) is 25.8 Å². The van der Waals surface area contributed by atoms with Crippen LogP contribution in [0.2, 0.25) is 0 Å². The molecule has 0 atom stereocenters. The first-order valence-electron chi connectivity index (χ1n) is 5.34. The molecule has 1 aromatic heterocycles. The average Bonchev–Trinajstić information content (AvgIpc) is 2.29. The zero-order chi connectivity index (χ0) is 10.9.